The van der Waals surface area contributed by atoms with Gasteiger partial charge in [0.2, 0.25) is 11.8 Å². The summed E-state index contributed by atoms with van der Waals surface area (Å²) in [7, 11) is -3.37. The Kier molecular flexibility index (Phi) is 3.90. The average molecular weight is 248 g/mol. The lowest BCUT2D eigenvalue weighted by Crippen LogP contribution is -2.42. The van der Waals surface area contributed by atoms with E-state index in [1.165, 1.54) is 11.8 Å². The maximum Gasteiger partial charge on any atom is 0.240 e. The highest BCUT2D eigenvalue weighted by Crippen LogP contribution is 2.06. The molecule has 1 atom stereocenters. The van der Waals surface area contributed by atoms with Gasteiger partial charge in [0.05, 0.1) is 0 Å². The first-order chi connectivity index (χ1) is 7.32. The molecule has 0 radical (unpaired) electrons. The highest BCUT2D eigenvalue weighted by Gasteiger charge is 2.29. The first-order valence-corrected chi connectivity index (χ1v) is 7.02. The molecule has 1 aliphatic rings. The molecule has 1 N–H and O–H groups in total. The Morgan fingerprint density at radius 1 is 1.44 bits per heavy atom. The average Bonchev–Trinajstić information content (AvgIpc) is 2.39. The third-order valence-electron chi connectivity index (χ3n) is 2.61. The lowest BCUT2D eigenvalue weighted by atomic mass is 10.3. The van der Waals surface area contributed by atoms with Crippen LogP contribution in [-0.4, -0.2) is 56.3 Å². The van der Waals surface area contributed by atoms with Crippen molar-refractivity contribution in [3.05, 3.63) is 0 Å². The lowest BCUT2D eigenvalue weighted by molar-refractivity contribution is -0.130. The predicted molar refractivity (Wildman–Crippen MR) is 58.5 cm³/mol. The largest absolute Gasteiger partial charge is 0.354 e. The zero-order valence-electron chi connectivity index (χ0n) is 9.39. The van der Waals surface area contributed by atoms with E-state index in [0.717, 1.165) is 6.26 Å². The monoisotopic (exact) mass is 248 g/mol. The van der Waals surface area contributed by atoms with Crippen LogP contribution in [0.2, 0.25) is 0 Å². The van der Waals surface area contributed by atoms with Crippen molar-refractivity contribution in [1.82, 2.24) is 10.2 Å². The zero-order chi connectivity index (χ0) is 12.3. The van der Waals surface area contributed by atoms with Crippen LogP contribution in [0, 0.1) is 0 Å². The van der Waals surface area contributed by atoms with E-state index in [9.17, 15) is 18.0 Å². The van der Waals surface area contributed by atoms with Crippen LogP contribution < -0.4 is 5.32 Å². The van der Waals surface area contributed by atoms with Crippen molar-refractivity contribution >= 4 is 21.7 Å². The minimum atomic E-state index is -3.37. The van der Waals surface area contributed by atoms with Gasteiger partial charge >= 0.3 is 0 Å². The van der Waals surface area contributed by atoms with Crippen LogP contribution in [0.3, 0.4) is 0 Å². The Morgan fingerprint density at radius 3 is 2.62 bits per heavy atom. The van der Waals surface area contributed by atoms with Crippen LogP contribution in [-0.2, 0) is 19.4 Å². The molecule has 0 saturated carbocycles. The van der Waals surface area contributed by atoms with Crippen molar-refractivity contribution < 1.29 is 18.0 Å². The summed E-state index contributed by atoms with van der Waals surface area (Å²) in [6.07, 6.45) is 1.26. The molecule has 0 aromatic rings. The minimum absolute atomic E-state index is 0.109. The SMILES string of the molecule is CC(C(=O)N1CCNC(=O)CC1)S(C)(=O)=O. The Labute approximate surface area is 94.9 Å². The number of amides is 2. The van der Waals surface area contributed by atoms with Crippen molar-refractivity contribution in [1.29, 1.82) is 0 Å². The van der Waals surface area contributed by atoms with Gasteiger partial charge in [0, 0.05) is 32.3 Å². The summed E-state index contributed by atoms with van der Waals surface area (Å²) in [6.45, 7) is 2.40. The second-order valence-electron chi connectivity index (χ2n) is 3.90. The molecule has 1 heterocycles. The van der Waals surface area contributed by atoms with Gasteiger partial charge in [-0.2, -0.15) is 0 Å². The van der Waals surface area contributed by atoms with E-state index >= 15 is 0 Å². The molecule has 0 spiro atoms. The molecule has 0 aromatic carbocycles. The quantitative estimate of drug-likeness (QED) is 0.663. The van der Waals surface area contributed by atoms with E-state index < -0.39 is 21.0 Å². The maximum absolute atomic E-state index is 11.8. The van der Waals surface area contributed by atoms with E-state index in [-0.39, 0.29) is 18.9 Å². The van der Waals surface area contributed by atoms with Crippen LogP contribution in [0.25, 0.3) is 0 Å². The van der Waals surface area contributed by atoms with Crippen molar-refractivity contribution in [3.63, 3.8) is 0 Å². The number of hydrogen-bond donors (Lipinski definition) is 1. The summed E-state index contributed by atoms with van der Waals surface area (Å²) in [5, 5.41) is 1.58. The number of rotatable bonds is 2. The highest BCUT2D eigenvalue weighted by molar-refractivity contribution is 7.92. The van der Waals surface area contributed by atoms with Crippen LogP contribution in [0.1, 0.15) is 13.3 Å². The van der Waals surface area contributed by atoms with Gasteiger partial charge < -0.3 is 10.2 Å². The molecule has 1 unspecified atom stereocenters. The molecular weight excluding hydrogens is 232 g/mol. The smallest absolute Gasteiger partial charge is 0.240 e. The Bertz CT molecular complexity index is 390. The van der Waals surface area contributed by atoms with Crippen molar-refractivity contribution in [2.75, 3.05) is 25.9 Å². The van der Waals surface area contributed by atoms with E-state index in [4.69, 9.17) is 0 Å². The van der Waals surface area contributed by atoms with Gasteiger partial charge in [-0.15, -0.1) is 0 Å². The number of nitrogens with one attached hydrogen (secondary N) is 1. The molecule has 16 heavy (non-hydrogen) atoms. The summed E-state index contributed by atoms with van der Waals surface area (Å²) in [6, 6.07) is 0. The summed E-state index contributed by atoms with van der Waals surface area (Å²) < 4.78 is 22.5. The van der Waals surface area contributed by atoms with Gasteiger partial charge in [-0.3, -0.25) is 9.59 Å². The molecule has 1 aliphatic heterocycles. The number of hydrogen-bond acceptors (Lipinski definition) is 4. The molecule has 6 nitrogen and oxygen atoms in total. The highest BCUT2D eigenvalue weighted by atomic mass is 32.2. The normalized spacial score (nSPS) is 19.9. The summed E-state index contributed by atoms with van der Waals surface area (Å²) in [5.74, 6) is -0.540. The fourth-order valence-corrected chi connectivity index (χ4v) is 1.94. The molecule has 2 amide bonds. The number of carbonyl (C=O) groups excluding carboxylic acids is 2. The summed E-state index contributed by atoms with van der Waals surface area (Å²) in [5.41, 5.74) is 0. The molecule has 0 aromatic heterocycles. The third kappa shape index (κ3) is 3.19. The maximum atomic E-state index is 11.8. The fourth-order valence-electron chi connectivity index (χ4n) is 1.43. The van der Waals surface area contributed by atoms with E-state index in [1.807, 2.05) is 0 Å². The Morgan fingerprint density at radius 2 is 2.06 bits per heavy atom. The number of carbonyl (C=O) groups is 2. The van der Waals surface area contributed by atoms with Gasteiger partial charge in [-0.05, 0) is 6.92 Å². The minimum Gasteiger partial charge on any atom is -0.354 e. The summed E-state index contributed by atoms with van der Waals surface area (Å²) in [4.78, 5) is 24.3. The molecule has 1 rings (SSSR count). The van der Waals surface area contributed by atoms with Crippen LogP contribution in [0.5, 0.6) is 0 Å². The van der Waals surface area contributed by atoms with Gasteiger partial charge in [0.1, 0.15) is 5.25 Å². The molecule has 1 saturated heterocycles. The summed E-state index contributed by atoms with van der Waals surface area (Å²) >= 11 is 0. The van der Waals surface area contributed by atoms with Crippen molar-refractivity contribution in [3.8, 4) is 0 Å². The van der Waals surface area contributed by atoms with Crippen molar-refractivity contribution in [2.45, 2.75) is 18.6 Å². The van der Waals surface area contributed by atoms with E-state index in [0.29, 0.717) is 13.1 Å². The molecule has 92 valence electrons. The standard InChI is InChI=1S/C9H16N2O4S/c1-7(16(2,14)15)9(13)11-5-3-8(12)10-4-6-11/h7H,3-6H2,1-2H3,(H,10,12). The second kappa shape index (κ2) is 4.82. The Hall–Kier alpha value is -1.11. The van der Waals surface area contributed by atoms with Gasteiger partial charge in [0.15, 0.2) is 9.84 Å². The van der Waals surface area contributed by atoms with Crippen LogP contribution in [0.4, 0.5) is 0 Å². The molecule has 1 fully saturated rings. The van der Waals surface area contributed by atoms with Crippen LogP contribution in [0.15, 0.2) is 0 Å². The Balaban J connectivity index is 2.70. The van der Waals surface area contributed by atoms with Crippen LogP contribution >= 0.6 is 0 Å². The molecule has 0 bridgehead atoms. The van der Waals surface area contributed by atoms with Gasteiger partial charge in [0.25, 0.3) is 0 Å². The molecular formula is C9H16N2O4S. The topological polar surface area (TPSA) is 83.6 Å². The first kappa shape index (κ1) is 13.0. The zero-order valence-corrected chi connectivity index (χ0v) is 10.2. The number of sulfone groups is 1. The van der Waals surface area contributed by atoms with Gasteiger partial charge in [-0.25, -0.2) is 8.42 Å². The van der Waals surface area contributed by atoms with Crippen molar-refractivity contribution in [2.24, 2.45) is 0 Å². The molecule has 0 aliphatic carbocycles. The number of nitrogens with zero attached hydrogens (tertiary/aromatic N) is 1. The fraction of sp³-hybridized carbons (Fsp3) is 0.778. The predicted octanol–water partition coefficient (Wildman–Crippen LogP) is -1.23. The lowest BCUT2D eigenvalue weighted by Gasteiger charge is -2.22. The first-order valence-electron chi connectivity index (χ1n) is 5.06. The second-order valence-corrected chi connectivity index (χ2v) is 6.26. The third-order valence-corrected chi connectivity index (χ3v) is 4.10. The van der Waals surface area contributed by atoms with E-state index in [2.05, 4.69) is 5.32 Å². The molecule has 7 heteroatoms. The van der Waals surface area contributed by atoms with E-state index in [1.54, 1.807) is 0 Å². The van der Waals surface area contributed by atoms with Gasteiger partial charge in [-0.1, -0.05) is 0 Å².